The summed E-state index contributed by atoms with van der Waals surface area (Å²) in [4.78, 5) is 5.33. The summed E-state index contributed by atoms with van der Waals surface area (Å²) in [5.74, 6) is 0. The molecule has 9 aromatic rings. The van der Waals surface area contributed by atoms with E-state index in [1.807, 2.05) is 0 Å². The SMILES string of the molecule is Cc1cc(C(C)(C)C)cc(C)c1N1c2cc3c(cc2B2c4ccc(C(C)(C)C)cc4N(c4ccc5c(c4)C(C)(C)c4ccccc4-5)c4cc(C(C)(C)C)cc1c42)c1ccccc1n3-c1ccccc1. The number of aromatic nitrogens is 1. The van der Waals surface area contributed by atoms with Crippen LogP contribution in [-0.2, 0) is 21.7 Å². The molecule has 0 amide bonds. The molecule has 0 saturated carbocycles. The number of fused-ring (bicyclic) bond motifs is 10. The first-order valence-corrected chi connectivity index (χ1v) is 25.1. The number of nitrogens with zero attached hydrogens (tertiary/aromatic N) is 3. The number of hydrogen-bond donors (Lipinski definition) is 0. The number of aryl methyl sites for hydroxylation is 2. The minimum absolute atomic E-state index is 0.00889. The van der Waals surface area contributed by atoms with Gasteiger partial charge < -0.3 is 14.4 Å². The van der Waals surface area contributed by atoms with Gasteiger partial charge in [0.05, 0.1) is 16.7 Å². The first-order valence-electron chi connectivity index (χ1n) is 25.1. The van der Waals surface area contributed by atoms with Crippen molar-refractivity contribution in [3.63, 3.8) is 0 Å². The fourth-order valence-corrected chi connectivity index (χ4v) is 12.3. The molecule has 3 aliphatic rings. The van der Waals surface area contributed by atoms with E-state index in [0.717, 1.165) is 0 Å². The van der Waals surface area contributed by atoms with Gasteiger partial charge in [0.2, 0.25) is 0 Å². The van der Waals surface area contributed by atoms with Crippen LogP contribution in [0.4, 0.5) is 34.1 Å². The molecule has 342 valence electrons. The van der Waals surface area contributed by atoms with Gasteiger partial charge in [-0.3, -0.25) is 0 Å². The van der Waals surface area contributed by atoms with E-state index < -0.39 is 0 Å². The van der Waals surface area contributed by atoms with Crippen LogP contribution in [0.1, 0.15) is 115 Å². The van der Waals surface area contributed by atoms with Crippen molar-refractivity contribution in [2.75, 3.05) is 9.80 Å². The summed E-state index contributed by atoms with van der Waals surface area (Å²) in [6, 6.07) is 58.8. The van der Waals surface area contributed by atoms with Crippen LogP contribution in [0.3, 0.4) is 0 Å². The molecule has 0 spiro atoms. The lowest BCUT2D eigenvalue weighted by atomic mass is 9.33. The Hall–Kier alpha value is -6.78. The molecule has 8 aromatic carbocycles. The van der Waals surface area contributed by atoms with E-state index >= 15 is 0 Å². The maximum absolute atomic E-state index is 2.68. The third-order valence-electron chi connectivity index (χ3n) is 16.0. The monoisotopic (exact) mass is 898 g/mol. The maximum Gasteiger partial charge on any atom is 0.252 e. The van der Waals surface area contributed by atoms with Crippen LogP contribution in [0.15, 0.2) is 152 Å². The molecule has 3 nitrogen and oxygen atoms in total. The summed E-state index contributed by atoms with van der Waals surface area (Å²) in [6.45, 7) is 30.6. The van der Waals surface area contributed by atoms with Gasteiger partial charge in [-0.25, -0.2) is 0 Å². The van der Waals surface area contributed by atoms with Crippen molar-refractivity contribution in [1.29, 1.82) is 0 Å². The Morgan fingerprint density at radius 1 is 0.420 bits per heavy atom. The second-order valence-electron chi connectivity index (χ2n) is 24.0. The van der Waals surface area contributed by atoms with E-state index in [1.54, 1.807) is 0 Å². The number of para-hydroxylation sites is 2. The van der Waals surface area contributed by atoms with Crippen molar-refractivity contribution < 1.29 is 0 Å². The number of hydrogen-bond acceptors (Lipinski definition) is 2. The maximum atomic E-state index is 2.68. The third kappa shape index (κ3) is 6.40. The van der Waals surface area contributed by atoms with Gasteiger partial charge >= 0.3 is 0 Å². The second-order valence-corrected chi connectivity index (χ2v) is 24.0. The van der Waals surface area contributed by atoms with Crippen LogP contribution < -0.4 is 26.2 Å². The normalized spacial score (nSPS) is 14.8. The van der Waals surface area contributed by atoms with E-state index in [1.165, 1.54) is 128 Å². The van der Waals surface area contributed by atoms with Crippen molar-refractivity contribution >= 4 is 79.0 Å². The van der Waals surface area contributed by atoms with Crippen molar-refractivity contribution in [3.8, 4) is 16.8 Å². The highest BCUT2D eigenvalue weighted by Crippen LogP contribution is 2.53. The summed E-state index contributed by atoms with van der Waals surface area (Å²) >= 11 is 0. The fraction of sp³-hybridized carbons (Fsp3) is 0.262. The molecule has 4 heteroatoms. The Morgan fingerprint density at radius 3 is 1.70 bits per heavy atom. The molecular weight excluding hydrogens is 834 g/mol. The molecular formula is C65H64BN3. The lowest BCUT2D eigenvalue weighted by Crippen LogP contribution is -2.61. The number of anilines is 6. The van der Waals surface area contributed by atoms with Gasteiger partial charge in [-0.2, -0.15) is 0 Å². The smallest absolute Gasteiger partial charge is 0.252 e. The summed E-state index contributed by atoms with van der Waals surface area (Å²) in [6.07, 6.45) is 0. The van der Waals surface area contributed by atoms with Gasteiger partial charge in [0.15, 0.2) is 0 Å². The van der Waals surface area contributed by atoms with Crippen LogP contribution in [0.5, 0.6) is 0 Å². The zero-order valence-corrected chi connectivity index (χ0v) is 42.9. The Kier molecular flexibility index (Phi) is 9.22. The molecule has 2 aliphatic heterocycles. The molecule has 0 N–H and O–H groups in total. The highest BCUT2D eigenvalue weighted by Gasteiger charge is 2.46. The molecule has 1 aromatic heterocycles. The zero-order valence-electron chi connectivity index (χ0n) is 42.9. The summed E-state index contributed by atoms with van der Waals surface area (Å²) in [7, 11) is 0. The average Bonchev–Trinajstić information content (AvgIpc) is 3.75. The van der Waals surface area contributed by atoms with Gasteiger partial charge in [-0.1, -0.05) is 173 Å². The largest absolute Gasteiger partial charge is 0.311 e. The number of rotatable bonds is 3. The van der Waals surface area contributed by atoms with Crippen LogP contribution in [0.25, 0.3) is 38.6 Å². The van der Waals surface area contributed by atoms with Crippen molar-refractivity contribution in [2.45, 2.75) is 112 Å². The zero-order chi connectivity index (χ0) is 48.3. The van der Waals surface area contributed by atoms with Gasteiger partial charge in [0, 0.05) is 50.3 Å². The minimum Gasteiger partial charge on any atom is -0.311 e. The van der Waals surface area contributed by atoms with Gasteiger partial charge in [-0.15, -0.1) is 0 Å². The van der Waals surface area contributed by atoms with Crippen molar-refractivity contribution in [3.05, 3.63) is 191 Å². The third-order valence-corrected chi connectivity index (χ3v) is 16.0. The fourth-order valence-electron chi connectivity index (χ4n) is 12.3. The predicted molar refractivity (Wildman–Crippen MR) is 298 cm³/mol. The second kappa shape index (κ2) is 14.6. The van der Waals surface area contributed by atoms with E-state index in [4.69, 9.17) is 0 Å². The molecule has 0 saturated heterocycles. The highest BCUT2D eigenvalue weighted by atomic mass is 15.2. The van der Waals surface area contributed by atoms with Crippen molar-refractivity contribution in [2.24, 2.45) is 0 Å². The Labute approximate surface area is 410 Å². The molecule has 0 fully saturated rings. The number of benzene rings is 8. The Balaban J connectivity index is 1.23. The standard InChI is InChI=1S/C65H64BN3/c1-39-31-42(63(6,7)8)32-40(2)61(39)69-57-38-55-49(48-24-18-20-26-54(48)67(55)44-21-15-14-16-22-44)37-53(57)66-52-30-27-41(62(3,4)5)33-56(52)68(58-34-43(64(9,10)11)35-59(69)60(58)66)45-28-29-47-46-23-17-19-25-50(46)65(12,13)51(47)36-45/h14-38H,1-13H3. The molecule has 1 aliphatic carbocycles. The molecule has 0 bridgehead atoms. The molecule has 0 radical (unpaired) electrons. The van der Waals surface area contributed by atoms with Gasteiger partial charge in [0.1, 0.15) is 0 Å². The predicted octanol–water partition coefficient (Wildman–Crippen LogP) is 15.7. The Bertz CT molecular complexity index is 3600. The van der Waals surface area contributed by atoms with E-state index in [0.29, 0.717) is 0 Å². The summed E-state index contributed by atoms with van der Waals surface area (Å²) < 4.78 is 2.48. The van der Waals surface area contributed by atoms with Crippen molar-refractivity contribution in [1.82, 2.24) is 4.57 Å². The van der Waals surface area contributed by atoms with E-state index in [-0.39, 0.29) is 28.4 Å². The Morgan fingerprint density at radius 2 is 1.00 bits per heavy atom. The van der Waals surface area contributed by atoms with Gasteiger partial charge in [-0.05, 0) is 151 Å². The van der Waals surface area contributed by atoms with Crippen LogP contribution in [-0.4, -0.2) is 11.3 Å². The average molecular weight is 898 g/mol. The minimum atomic E-state index is -0.142. The van der Waals surface area contributed by atoms with E-state index in [9.17, 15) is 0 Å². The lowest BCUT2D eigenvalue weighted by Gasteiger charge is -2.46. The van der Waals surface area contributed by atoms with Gasteiger partial charge in [0.25, 0.3) is 6.71 Å². The first kappa shape index (κ1) is 43.5. The quantitative estimate of drug-likeness (QED) is 0.164. The molecule has 12 rings (SSSR count). The van der Waals surface area contributed by atoms with Crippen LogP contribution in [0, 0.1) is 13.8 Å². The van der Waals surface area contributed by atoms with Crippen LogP contribution in [0.2, 0.25) is 0 Å². The van der Waals surface area contributed by atoms with Crippen LogP contribution >= 0.6 is 0 Å². The van der Waals surface area contributed by atoms with E-state index in [2.05, 4.69) is 256 Å². The molecule has 3 heterocycles. The lowest BCUT2D eigenvalue weighted by molar-refractivity contribution is 0.589. The molecule has 69 heavy (non-hydrogen) atoms. The highest BCUT2D eigenvalue weighted by molar-refractivity contribution is 7.00. The first-order chi connectivity index (χ1) is 32.7. The molecule has 0 unspecified atom stereocenters. The topological polar surface area (TPSA) is 11.4 Å². The molecule has 0 atom stereocenters. The summed E-state index contributed by atoms with van der Waals surface area (Å²) in [5, 5.41) is 2.54. The summed E-state index contributed by atoms with van der Waals surface area (Å²) in [5.41, 5.74) is 26.8.